The summed E-state index contributed by atoms with van der Waals surface area (Å²) in [5.74, 6) is 2.38. The topological polar surface area (TPSA) is 66.0 Å². The number of pyridine rings is 1. The summed E-state index contributed by atoms with van der Waals surface area (Å²) in [4.78, 5) is 9.45. The van der Waals surface area contributed by atoms with Gasteiger partial charge in [0.2, 0.25) is 0 Å². The van der Waals surface area contributed by atoms with Gasteiger partial charge in [-0.3, -0.25) is 0 Å². The number of nitrogen functional groups attached to an aromatic ring is 1. The lowest BCUT2D eigenvalue weighted by molar-refractivity contribution is 0.414. The van der Waals surface area contributed by atoms with Crippen molar-refractivity contribution in [3.8, 4) is 5.75 Å². The van der Waals surface area contributed by atoms with Crippen molar-refractivity contribution in [2.75, 3.05) is 12.8 Å². The molecule has 5 heteroatoms. The Balaban J connectivity index is 1.88. The van der Waals surface area contributed by atoms with Gasteiger partial charge in [0.1, 0.15) is 17.1 Å². The Kier molecular flexibility index (Phi) is 4.67. The van der Waals surface area contributed by atoms with Crippen LogP contribution in [0.15, 0.2) is 48.5 Å². The predicted octanol–water partition coefficient (Wildman–Crippen LogP) is 4.57. The molecule has 4 rings (SSSR count). The molecule has 4 aromatic rings. The maximum absolute atomic E-state index is 6.26. The molecule has 0 radical (unpaired) electrons. The molecule has 0 aliphatic carbocycles. The van der Waals surface area contributed by atoms with Crippen LogP contribution in [0.4, 0.5) is 5.82 Å². The van der Waals surface area contributed by atoms with Crippen molar-refractivity contribution in [1.29, 1.82) is 0 Å². The second kappa shape index (κ2) is 7.27. The summed E-state index contributed by atoms with van der Waals surface area (Å²) in [6.07, 6.45) is 2.97. The van der Waals surface area contributed by atoms with Crippen molar-refractivity contribution < 1.29 is 4.74 Å². The molecule has 5 nitrogen and oxygen atoms in total. The number of para-hydroxylation sites is 1. The zero-order valence-electron chi connectivity index (χ0n) is 15.8. The Hall–Kier alpha value is -3.08. The SMILES string of the molecule is CCCCn1c(Cc2ccc(OC)cc2)nc2c(N)nc3ccccc3c21. The molecule has 0 saturated carbocycles. The summed E-state index contributed by atoms with van der Waals surface area (Å²) >= 11 is 0. The van der Waals surface area contributed by atoms with Gasteiger partial charge in [-0.2, -0.15) is 0 Å². The number of nitrogens with two attached hydrogens (primary N) is 1. The molecule has 0 amide bonds. The van der Waals surface area contributed by atoms with Gasteiger partial charge in [-0.1, -0.05) is 43.7 Å². The summed E-state index contributed by atoms with van der Waals surface area (Å²) in [6, 6.07) is 16.3. The third-order valence-electron chi connectivity index (χ3n) is 4.95. The van der Waals surface area contributed by atoms with E-state index >= 15 is 0 Å². The Labute approximate surface area is 158 Å². The third kappa shape index (κ3) is 3.21. The Morgan fingerprint density at radius 2 is 1.81 bits per heavy atom. The quantitative estimate of drug-likeness (QED) is 0.547. The zero-order chi connectivity index (χ0) is 18.8. The Bertz CT molecular complexity index is 1080. The second-order valence-corrected chi connectivity index (χ2v) is 6.77. The number of anilines is 1. The highest BCUT2D eigenvalue weighted by Gasteiger charge is 2.17. The van der Waals surface area contributed by atoms with Crippen LogP contribution in [-0.4, -0.2) is 21.6 Å². The average Bonchev–Trinajstić information content (AvgIpc) is 3.06. The van der Waals surface area contributed by atoms with Crippen LogP contribution in [0.2, 0.25) is 0 Å². The molecule has 0 saturated heterocycles. The highest BCUT2D eigenvalue weighted by atomic mass is 16.5. The van der Waals surface area contributed by atoms with E-state index in [2.05, 4.69) is 34.7 Å². The molecule has 2 N–H and O–H groups in total. The molecule has 0 aliphatic heterocycles. The first-order valence-corrected chi connectivity index (χ1v) is 9.37. The number of nitrogens with zero attached hydrogens (tertiary/aromatic N) is 3. The van der Waals surface area contributed by atoms with Crippen LogP contribution in [0.1, 0.15) is 31.2 Å². The second-order valence-electron chi connectivity index (χ2n) is 6.77. The number of fused-ring (bicyclic) bond motifs is 3. The number of methoxy groups -OCH3 is 1. The highest BCUT2D eigenvalue weighted by Crippen LogP contribution is 2.30. The van der Waals surface area contributed by atoms with Gasteiger partial charge in [0.25, 0.3) is 0 Å². The van der Waals surface area contributed by atoms with Crippen molar-refractivity contribution >= 4 is 27.8 Å². The smallest absolute Gasteiger partial charge is 0.152 e. The lowest BCUT2D eigenvalue weighted by atomic mass is 10.1. The van der Waals surface area contributed by atoms with E-state index in [1.807, 2.05) is 30.3 Å². The summed E-state index contributed by atoms with van der Waals surface area (Å²) in [7, 11) is 1.68. The van der Waals surface area contributed by atoms with E-state index in [-0.39, 0.29) is 0 Å². The summed E-state index contributed by atoms with van der Waals surface area (Å²) in [5.41, 5.74) is 10.3. The largest absolute Gasteiger partial charge is 0.497 e. The summed E-state index contributed by atoms with van der Waals surface area (Å²) in [6.45, 7) is 3.13. The lowest BCUT2D eigenvalue weighted by Crippen LogP contribution is -2.05. The van der Waals surface area contributed by atoms with E-state index in [4.69, 9.17) is 15.5 Å². The number of imidazole rings is 1. The third-order valence-corrected chi connectivity index (χ3v) is 4.95. The first-order chi connectivity index (χ1) is 13.2. The fourth-order valence-electron chi connectivity index (χ4n) is 3.52. The number of unbranched alkanes of at least 4 members (excludes halogenated alkanes) is 1. The minimum Gasteiger partial charge on any atom is -0.497 e. The number of aromatic nitrogens is 3. The van der Waals surface area contributed by atoms with E-state index in [0.29, 0.717) is 5.82 Å². The first kappa shape index (κ1) is 17.3. The van der Waals surface area contributed by atoms with Gasteiger partial charge in [0, 0.05) is 18.4 Å². The minimum atomic E-state index is 0.495. The van der Waals surface area contributed by atoms with Gasteiger partial charge in [-0.15, -0.1) is 0 Å². The summed E-state index contributed by atoms with van der Waals surface area (Å²) < 4.78 is 7.59. The zero-order valence-corrected chi connectivity index (χ0v) is 15.8. The maximum atomic E-state index is 6.26. The van der Waals surface area contributed by atoms with Gasteiger partial charge in [0.15, 0.2) is 5.82 Å². The molecule has 2 aromatic heterocycles. The number of hydrogen-bond acceptors (Lipinski definition) is 4. The summed E-state index contributed by atoms with van der Waals surface area (Å²) in [5, 5.41) is 1.10. The first-order valence-electron chi connectivity index (χ1n) is 9.37. The lowest BCUT2D eigenvalue weighted by Gasteiger charge is -2.11. The molecule has 2 heterocycles. The molecule has 2 aromatic carbocycles. The van der Waals surface area contributed by atoms with Gasteiger partial charge in [-0.05, 0) is 30.2 Å². The Morgan fingerprint density at radius 3 is 2.56 bits per heavy atom. The van der Waals surface area contributed by atoms with Crippen LogP contribution in [0.3, 0.4) is 0 Å². The van der Waals surface area contributed by atoms with Crippen LogP contribution in [0.25, 0.3) is 21.9 Å². The monoisotopic (exact) mass is 360 g/mol. The molecule has 0 atom stereocenters. The maximum Gasteiger partial charge on any atom is 0.152 e. The number of aryl methyl sites for hydroxylation is 1. The molecular weight excluding hydrogens is 336 g/mol. The van der Waals surface area contributed by atoms with Crippen molar-refractivity contribution in [2.45, 2.75) is 32.7 Å². The van der Waals surface area contributed by atoms with Crippen LogP contribution >= 0.6 is 0 Å². The van der Waals surface area contributed by atoms with Gasteiger partial charge < -0.3 is 15.0 Å². The van der Waals surface area contributed by atoms with E-state index < -0.39 is 0 Å². The van der Waals surface area contributed by atoms with E-state index in [1.54, 1.807) is 7.11 Å². The van der Waals surface area contributed by atoms with Crippen molar-refractivity contribution in [1.82, 2.24) is 14.5 Å². The van der Waals surface area contributed by atoms with Crippen molar-refractivity contribution in [3.63, 3.8) is 0 Å². The average molecular weight is 360 g/mol. The van der Waals surface area contributed by atoms with Gasteiger partial charge in [0.05, 0.1) is 18.1 Å². The highest BCUT2D eigenvalue weighted by molar-refractivity contribution is 6.06. The van der Waals surface area contributed by atoms with Crippen molar-refractivity contribution in [3.05, 3.63) is 59.9 Å². The molecule has 138 valence electrons. The number of benzene rings is 2. The van der Waals surface area contributed by atoms with Crippen LogP contribution < -0.4 is 10.5 Å². The normalized spacial score (nSPS) is 11.3. The number of rotatable bonds is 6. The predicted molar refractivity (Wildman–Crippen MR) is 110 cm³/mol. The van der Waals surface area contributed by atoms with E-state index in [0.717, 1.165) is 59.3 Å². The van der Waals surface area contributed by atoms with E-state index in [1.165, 1.54) is 5.56 Å². The molecule has 0 aliphatic rings. The number of ether oxygens (including phenoxy) is 1. The van der Waals surface area contributed by atoms with Gasteiger partial charge in [-0.25, -0.2) is 9.97 Å². The fourth-order valence-corrected chi connectivity index (χ4v) is 3.52. The minimum absolute atomic E-state index is 0.495. The number of hydrogen-bond donors (Lipinski definition) is 1. The van der Waals surface area contributed by atoms with Crippen LogP contribution in [0, 0.1) is 0 Å². The van der Waals surface area contributed by atoms with E-state index in [9.17, 15) is 0 Å². The molecule has 0 bridgehead atoms. The molecular formula is C22H24N4O. The van der Waals surface area contributed by atoms with Crippen LogP contribution in [0.5, 0.6) is 5.75 Å². The standard InChI is InChI=1S/C22H24N4O/c1-3-4-13-26-19(14-15-9-11-16(27-2)12-10-15)25-20-21(26)17-7-5-6-8-18(17)24-22(20)23/h5-12H,3-4,13-14H2,1-2H3,(H2,23,24). The molecule has 27 heavy (non-hydrogen) atoms. The Morgan fingerprint density at radius 1 is 1.04 bits per heavy atom. The molecule has 0 unspecified atom stereocenters. The van der Waals surface area contributed by atoms with Crippen LogP contribution in [-0.2, 0) is 13.0 Å². The molecule has 0 spiro atoms. The fraction of sp³-hybridized carbons (Fsp3) is 0.273. The van der Waals surface area contributed by atoms with Gasteiger partial charge >= 0.3 is 0 Å². The molecule has 0 fully saturated rings. The van der Waals surface area contributed by atoms with Crippen molar-refractivity contribution in [2.24, 2.45) is 0 Å².